The minimum atomic E-state index is -0.829. The van der Waals surface area contributed by atoms with Crippen LogP contribution in [0.3, 0.4) is 0 Å². The van der Waals surface area contributed by atoms with Crippen LogP contribution in [-0.2, 0) is 4.79 Å². The molecule has 0 aromatic carbocycles. The van der Waals surface area contributed by atoms with Gasteiger partial charge in [-0.15, -0.1) is 0 Å². The van der Waals surface area contributed by atoms with E-state index in [0.717, 1.165) is 5.69 Å². The Labute approximate surface area is 69.6 Å². The number of carboxylic acids is 1. The zero-order valence-electron chi connectivity index (χ0n) is 6.53. The van der Waals surface area contributed by atoms with Gasteiger partial charge in [0.25, 0.3) is 0 Å². The second-order valence-electron chi connectivity index (χ2n) is 2.55. The fourth-order valence-electron chi connectivity index (χ4n) is 0.904. The van der Waals surface area contributed by atoms with Crippen molar-refractivity contribution in [2.24, 2.45) is 5.73 Å². The molecule has 0 amide bonds. The van der Waals surface area contributed by atoms with Crippen LogP contribution in [0.1, 0.15) is 24.6 Å². The molecule has 0 saturated carbocycles. The molecule has 66 valence electrons. The van der Waals surface area contributed by atoms with Crippen molar-refractivity contribution in [1.82, 2.24) is 9.97 Å². The molecule has 0 fully saturated rings. The fraction of sp³-hybridized carbons (Fsp3) is 0.429. The monoisotopic (exact) mass is 169 g/mol. The maximum Gasteiger partial charge on any atom is 0.303 e. The number of rotatable bonds is 4. The van der Waals surface area contributed by atoms with Gasteiger partial charge in [-0.1, -0.05) is 0 Å². The topological polar surface area (TPSA) is 92.0 Å². The number of H-pyrrole nitrogens is 1. The summed E-state index contributed by atoms with van der Waals surface area (Å²) in [6.07, 6.45) is 3.64. The highest BCUT2D eigenvalue weighted by molar-refractivity contribution is 5.66. The highest BCUT2D eigenvalue weighted by atomic mass is 16.4. The van der Waals surface area contributed by atoms with E-state index in [2.05, 4.69) is 9.97 Å². The van der Waals surface area contributed by atoms with E-state index in [-0.39, 0.29) is 12.5 Å². The zero-order valence-corrected chi connectivity index (χ0v) is 6.53. The van der Waals surface area contributed by atoms with Crippen LogP contribution in [0.15, 0.2) is 12.5 Å². The van der Waals surface area contributed by atoms with E-state index in [1.165, 1.54) is 6.33 Å². The molecule has 5 nitrogen and oxygen atoms in total. The predicted octanol–water partition coefficient (Wildman–Crippen LogP) is 0.274. The average Bonchev–Trinajstić information content (AvgIpc) is 2.51. The number of hydrogen-bond donors (Lipinski definition) is 3. The molecule has 0 aliphatic carbocycles. The minimum absolute atomic E-state index is 0.0835. The molecule has 0 aliphatic heterocycles. The van der Waals surface area contributed by atoms with E-state index in [1.807, 2.05) is 0 Å². The summed E-state index contributed by atoms with van der Waals surface area (Å²) in [6.45, 7) is 0. The third-order valence-electron chi connectivity index (χ3n) is 1.59. The van der Waals surface area contributed by atoms with Crippen LogP contribution in [0.25, 0.3) is 0 Å². The largest absolute Gasteiger partial charge is 0.481 e. The number of hydrogen-bond acceptors (Lipinski definition) is 3. The highest BCUT2D eigenvalue weighted by Crippen LogP contribution is 2.11. The predicted molar refractivity (Wildman–Crippen MR) is 42.4 cm³/mol. The van der Waals surface area contributed by atoms with E-state index >= 15 is 0 Å². The minimum Gasteiger partial charge on any atom is -0.481 e. The molecule has 0 bridgehead atoms. The van der Waals surface area contributed by atoms with Crippen molar-refractivity contribution in [3.05, 3.63) is 18.2 Å². The maximum atomic E-state index is 10.2. The van der Waals surface area contributed by atoms with Gasteiger partial charge in [0.2, 0.25) is 0 Å². The second kappa shape index (κ2) is 3.87. The first-order valence-electron chi connectivity index (χ1n) is 3.66. The molecular weight excluding hydrogens is 158 g/mol. The quantitative estimate of drug-likeness (QED) is 0.603. The van der Waals surface area contributed by atoms with Crippen molar-refractivity contribution in [3.8, 4) is 0 Å². The van der Waals surface area contributed by atoms with Gasteiger partial charge in [0, 0.05) is 18.7 Å². The van der Waals surface area contributed by atoms with Crippen LogP contribution < -0.4 is 5.73 Å². The molecule has 0 spiro atoms. The molecule has 5 heteroatoms. The molecule has 0 aliphatic rings. The van der Waals surface area contributed by atoms with Crippen molar-refractivity contribution >= 4 is 5.97 Å². The number of nitrogens with two attached hydrogens (primary N) is 1. The van der Waals surface area contributed by atoms with E-state index in [0.29, 0.717) is 6.42 Å². The molecule has 4 N–H and O–H groups in total. The normalized spacial score (nSPS) is 12.8. The van der Waals surface area contributed by atoms with Crippen LogP contribution in [0, 0.1) is 0 Å². The first-order chi connectivity index (χ1) is 5.70. The molecule has 0 radical (unpaired) electrons. The van der Waals surface area contributed by atoms with Crippen molar-refractivity contribution < 1.29 is 9.90 Å². The Kier molecular flexibility index (Phi) is 2.82. The molecule has 1 aromatic heterocycles. The maximum absolute atomic E-state index is 10.2. The lowest BCUT2D eigenvalue weighted by molar-refractivity contribution is -0.137. The fourth-order valence-corrected chi connectivity index (χ4v) is 0.904. The molecule has 1 atom stereocenters. The standard InChI is InChI=1S/C7H11N3O2/c8-5(1-2-7(11)12)6-3-9-4-10-6/h3-5H,1-2,8H2,(H,9,10)(H,11,12). The molecule has 1 heterocycles. The zero-order chi connectivity index (χ0) is 8.97. The Balaban J connectivity index is 2.39. The van der Waals surface area contributed by atoms with Gasteiger partial charge in [0.05, 0.1) is 12.0 Å². The Morgan fingerprint density at radius 2 is 2.58 bits per heavy atom. The van der Waals surface area contributed by atoms with E-state index in [4.69, 9.17) is 10.8 Å². The summed E-state index contributed by atoms with van der Waals surface area (Å²) in [5.41, 5.74) is 6.43. The Bertz CT molecular complexity index is 245. The van der Waals surface area contributed by atoms with E-state index in [1.54, 1.807) is 6.20 Å². The lowest BCUT2D eigenvalue weighted by atomic mass is 10.1. The molecular formula is C7H11N3O2. The van der Waals surface area contributed by atoms with Crippen molar-refractivity contribution in [2.45, 2.75) is 18.9 Å². The van der Waals surface area contributed by atoms with E-state index < -0.39 is 5.97 Å². The average molecular weight is 169 g/mol. The van der Waals surface area contributed by atoms with E-state index in [9.17, 15) is 4.79 Å². The highest BCUT2D eigenvalue weighted by Gasteiger charge is 2.08. The molecule has 1 rings (SSSR count). The van der Waals surface area contributed by atoms with Crippen molar-refractivity contribution in [2.75, 3.05) is 0 Å². The van der Waals surface area contributed by atoms with Crippen LogP contribution in [-0.4, -0.2) is 21.0 Å². The molecule has 1 unspecified atom stereocenters. The van der Waals surface area contributed by atoms with Crippen molar-refractivity contribution in [3.63, 3.8) is 0 Å². The summed E-state index contributed by atoms with van der Waals surface area (Å²) in [6, 6.07) is -0.261. The summed E-state index contributed by atoms with van der Waals surface area (Å²) in [5, 5.41) is 8.38. The summed E-state index contributed by atoms with van der Waals surface area (Å²) < 4.78 is 0. The summed E-state index contributed by atoms with van der Waals surface area (Å²) in [7, 11) is 0. The summed E-state index contributed by atoms with van der Waals surface area (Å²) in [4.78, 5) is 16.8. The number of aromatic amines is 1. The Morgan fingerprint density at radius 1 is 1.83 bits per heavy atom. The number of aliphatic carboxylic acids is 1. The first kappa shape index (κ1) is 8.73. The van der Waals surface area contributed by atoms with Gasteiger partial charge < -0.3 is 15.8 Å². The molecule has 0 saturated heterocycles. The van der Waals surface area contributed by atoms with Gasteiger partial charge >= 0.3 is 5.97 Å². The summed E-state index contributed by atoms with van der Waals surface area (Å²) in [5.74, 6) is -0.829. The number of imidazole rings is 1. The van der Waals surface area contributed by atoms with Crippen LogP contribution in [0.4, 0.5) is 0 Å². The third-order valence-corrected chi connectivity index (χ3v) is 1.59. The van der Waals surface area contributed by atoms with Crippen LogP contribution in [0.5, 0.6) is 0 Å². The van der Waals surface area contributed by atoms with Crippen molar-refractivity contribution in [1.29, 1.82) is 0 Å². The van der Waals surface area contributed by atoms with Crippen LogP contribution >= 0.6 is 0 Å². The summed E-state index contributed by atoms with van der Waals surface area (Å²) >= 11 is 0. The van der Waals surface area contributed by atoms with Crippen LogP contribution in [0.2, 0.25) is 0 Å². The Hall–Kier alpha value is -1.36. The van der Waals surface area contributed by atoms with Gasteiger partial charge in [0.1, 0.15) is 0 Å². The van der Waals surface area contributed by atoms with Gasteiger partial charge in [0.15, 0.2) is 0 Å². The van der Waals surface area contributed by atoms with Gasteiger partial charge in [-0.25, -0.2) is 4.98 Å². The smallest absolute Gasteiger partial charge is 0.303 e. The van der Waals surface area contributed by atoms with Gasteiger partial charge in [-0.3, -0.25) is 4.79 Å². The first-order valence-corrected chi connectivity index (χ1v) is 3.66. The number of carboxylic acid groups (broad SMARTS) is 1. The lowest BCUT2D eigenvalue weighted by Gasteiger charge is -2.05. The SMILES string of the molecule is NC(CCC(=O)O)c1cnc[nH]1. The third kappa shape index (κ3) is 2.35. The van der Waals surface area contributed by atoms with Gasteiger partial charge in [-0.05, 0) is 6.42 Å². The lowest BCUT2D eigenvalue weighted by Crippen LogP contribution is -2.12. The number of nitrogens with zero attached hydrogens (tertiary/aromatic N) is 1. The van der Waals surface area contributed by atoms with Gasteiger partial charge in [-0.2, -0.15) is 0 Å². The number of carbonyl (C=O) groups is 1. The molecule has 1 aromatic rings. The molecule has 12 heavy (non-hydrogen) atoms. The number of aromatic nitrogens is 2. The Morgan fingerprint density at radius 3 is 3.08 bits per heavy atom. The second-order valence-corrected chi connectivity index (χ2v) is 2.55. The number of nitrogens with one attached hydrogen (secondary N) is 1.